The highest BCUT2D eigenvalue weighted by Gasteiger charge is 2.22. The van der Waals surface area contributed by atoms with Crippen molar-refractivity contribution < 1.29 is 0 Å². The molecule has 0 amide bonds. The fourth-order valence-electron chi connectivity index (χ4n) is 2.84. The number of rotatable bonds is 5. The van der Waals surface area contributed by atoms with E-state index in [1.807, 2.05) is 0 Å². The smallest absolute Gasteiger partial charge is 0.0244 e. The molecule has 2 unspecified atom stereocenters. The Morgan fingerprint density at radius 1 is 0.941 bits per heavy atom. The Balaban J connectivity index is 2.32. The summed E-state index contributed by atoms with van der Waals surface area (Å²) >= 11 is 0. The summed E-state index contributed by atoms with van der Waals surface area (Å²) in [4.78, 5) is 4.76. The normalized spacial score (nSPS) is 27.2. The molecule has 0 saturated heterocycles. The summed E-state index contributed by atoms with van der Waals surface area (Å²) in [5.41, 5.74) is 6.33. The molecule has 1 aliphatic carbocycles. The molecule has 0 spiro atoms. The van der Waals surface area contributed by atoms with Crippen LogP contribution >= 0.6 is 0 Å². The van der Waals surface area contributed by atoms with Gasteiger partial charge in [0.15, 0.2) is 0 Å². The van der Waals surface area contributed by atoms with Crippen LogP contribution in [0.25, 0.3) is 0 Å². The lowest BCUT2D eigenvalue weighted by atomic mass is 9.92. The Kier molecular flexibility index (Phi) is 7.09. The van der Waals surface area contributed by atoms with E-state index in [2.05, 4.69) is 30.9 Å². The highest BCUT2D eigenvalue weighted by Crippen LogP contribution is 2.20. The van der Waals surface area contributed by atoms with Gasteiger partial charge < -0.3 is 15.5 Å². The first-order valence-corrected chi connectivity index (χ1v) is 7.22. The van der Waals surface area contributed by atoms with Crippen molar-refractivity contribution in [2.45, 2.75) is 57.0 Å². The average Bonchev–Trinajstić information content (AvgIpc) is 2.23. The van der Waals surface area contributed by atoms with Crippen LogP contribution in [0.5, 0.6) is 0 Å². The summed E-state index contributed by atoms with van der Waals surface area (Å²) in [6, 6.07) is 0.997. The molecule has 0 aromatic carbocycles. The molecule has 102 valence electrons. The van der Waals surface area contributed by atoms with E-state index < -0.39 is 0 Å². The molecule has 0 heterocycles. The van der Waals surface area contributed by atoms with Crippen molar-refractivity contribution in [2.75, 3.05) is 34.2 Å². The Morgan fingerprint density at radius 3 is 2.24 bits per heavy atom. The maximum atomic E-state index is 6.33. The third kappa shape index (κ3) is 5.84. The zero-order chi connectivity index (χ0) is 12.7. The predicted octanol–water partition coefficient (Wildman–Crippen LogP) is 1.92. The molecule has 2 N–H and O–H groups in total. The lowest BCUT2D eigenvalue weighted by molar-refractivity contribution is 0.175. The predicted molar refractivity (Wildman–Crippen MR) is 75.3 cm³/mol. The van der Waals surface area contributed by atoms with Crippen LogP contribution in [-0.4, -0.2) is 56.1 Å². The van der Waals surface area contributed by atoms with Gasteiger partial charge in [0, 0.05) is 12.1 Å². The van der Waals surface area contributed by atoms with Crippen LogP contribution in [-0.2, 0) is 0 Å². The molecule has 3 nitrogen and oxygen atoms in total. The largest absolute Gasteiger partial charge is 0.326 e. The molecule has 2 atom stereocenters. The van der Waals surface area contributed by atoms with E-state index in [9.17, 15) is 0 Å². The molecule has 0 radical (unpaired) electrons. The molecule has 0 aromatic rings. The van der Waals surface area contributed by atoms with Gasteiger partial charge in [0.1, 0.15) is 0 Å². The Hall–Kier alpha value is -0.120. The van der Waals surface area contributed by atoms with Crippen molar-refractivity contribution in [1.82, 2.24) is 9.80 Å². The first-order valence-electron chi connectivity index (χ1n) is 7.22. The first kappa shape index (κ1) is 14.9. The molecular formula is C14H31N3. The molecule has 3 heteroatoms. The van der Waals surface area contributed by atoms with E-state index in [1.165, 1.54) is 58.0 Å². The standard InChI is InChI=1S/C14H31N3/c1-16(2)11-8-12-17(3)14-10-7-5-4-6-9-13(14)15/h13-14H,4-12,15H2,1-3H3. The SMILES string of the molecule is CN(C)CCCN(C)C1CCCCCCC1N. The van der Waals surface area contributed by atoms with Gasteiger partial charge in [-0.2, -0.15) is 0 Å². The summed E-state index contributed by atoms with van der Waals surface area (Å²) in [6.45, 7) is 2.35. The minimum Gasteiger partial charge on any atom is -0.326 e. The van der Waals surface area contributed by atoms with Crippen LogP contribution in [0.15, 0.2) is 0 Å². The molecule has 0 aliphatic heterocycles. The Morgan fingerprint density at radius 2 is 1.59 bits per heavy atom. The van der Waals surface area contributed by atoms with Crippen molar-refractivity contribution in [1.29, 1.82) is 0 Å². The highest BCUT2D eigenvalue weighted by molar-refractivity contribution is 4.82. The van der Waals surface area contributed by atoms with E-state index in [0.29, 0.717) is 12.1 Å². The van der Waals surface area contributed by atoms with Crippen molar-refractivity contribution in [2.24, 2.45) is 5.73 Å². The summed E-state index contributed by atoms with van der Waals surface area (Å²) < 4.78 is 0. The van der Waals surface area contributed by atoms with Gasteiger partial charge in [0.2, 0.25) is 0 Å². The number of hydrogen-bond acceptors (Lipinski definition) is 3. The Labute approximate surface area is 107 Å². The summed E-state index contributed by atoms with van der Waals surface area (Å²) in [5, 5.41) is 0. The van der Waals surface area contributed by atoms with Crippen LogP contribution in [0.4, 0.5) is 0 Å². The first-order chi connectivity index (χ1) is 8.11. The van der Waals surface area contributed by atoms with Crippen molar-refractivity contribution >= 4 is 0 Å². The maximum absolute atomic E-state index is 6.33. The van der Waals surface area contributed by atoms with Gasteiger partial charge in [-0.15, -0.1) is 0 Å². The van der Waals surface area contributed by atoms with E-state index in [0.717, 1.165) is 0 Å². The maximum Gasteiger partial charge on any atom is 0.0244 e. The van der Waals surface area contributed by atoms with Gasteiger partial charge in [0.05, 0.1) is 0 Å². The second-order valence-electron chi connectivity index (χ2n) is 5.86. The highest BCUT2D eigenvalue weighted by atomic mass is 15.1. The number of likely N-dealkylation sites (N-methyl/N-ethyl adjacent to an activating group) is 1. The zero-order valence-electron chi connectivity index (χ0n) is 12.0. The van der Waals surface area contributed by atoms with Gasteiger partial charge in [-0.1, -0.05) is 25.7 Å². The van der Waals surface area contributed by atoms with Gasteiger partial charge in [-0.25, -0.2) is 0 Å². The molecule has 1 rings (SSSR count). The van der Waals surface area contributed by atoms with Gasteiger partial charge >= 0.3 is 0 Å². The average molecular weight is 241 g/mol. The zero-order valence-corrected chi connectivity index (χ0v) is 12.0. The van der Waals surface area contributed by atoms with Crippen LogP contribution in [0.1, 0.15) is 44.9 Å². The second kappa shape index (κ2) is 8.06. The molecule has 0 aromatic heterocycles. The topological polar surface area (TPSA) is 32.5 Å². The fraction of sp³-hybridized carbons (Fsp3) is 1.00. The minimum absolute atomic E-state index is 0.389. The van der Waals surface area contributed by atoms with E-state index in [1.54, 1.807) is 0 Å². The van der Waals surface area contributed by atoms with E-state index >= 15 is 0 Å². The number of hydrogen-bond donors (Lipinski definition) is 1. The van der Waals surface area contributed by atoms with Crippen LogP contribution in [0.2, 0.25) is 0 Å². The third-order valence-corrected chi connectivity index (χ3v) is 3.96. The summed E-state index contributed by atoms with van der Waals surface area (Å²) in [7, 11) is 6.53. The third-order valence-electron chi connectivity index (χ3n) is 3.96. The lowest BCUT2D eigenvalue weighted by Crippen LogP contribution is -2.47. The minimum atomic E-state index is 0.389. The molecule has 1 aliphatic rings. The van der Waals surface area contributed by atoms with Crippen LogP contribution in [0.3, 0.4) is 0 Å². The Bertz CT molecular complexity index is 194. The molecular weight excluding hydrogens is 210 g/mol. The number of nitrogens with zero attached hydrogens (tertiary/aromatic N) is 2. The van der Waals surface area contributed by atoms with E-state index in [4.69, 9.17) is 5.73 Å². The van der Waals surface area contributed by atoms with E-state index in [-0.39, 0.29) is 0 Å². The van der Waals surface area contributed by atoms with Gasteiger partial charge in [-0.3, -0.25) is 0 Å². The second-order valence-corrected chi connectivity index (χ2v) is 5.86. The quantitative estimate of drug-likeness (QED) is 0.798. The van der Waals surface area contributed by atoms with Crippen molar-refractivity contribution in [3.8, 4) is 0 Å². The number of nitrogens with two attached hydrogens (primary N) is 1. The summed E-state index contributed by atoms with van der Waals surface area (Å²) in [5.74, 6) is 0. The summed E-state index contributed by atoms with van der Waals surface area (Å²) in [6.07, 6.45) is 9.20. The lowest BCUT2D eigenvalue weighted by Gasteiger charge is -2.34. The van der Waals surface area contributed by atoms with Crippen molar-refractivity contribution in [3.63, 3.8) is 0 Å². The molecule has 1 fully saturated rings. The fourth-order valence-corrected chi connectivity index (χ4v) is 2.84. The van der Waals surface area contributed by atoms with Gasteiger partial charge in [-0.05, 0) is 53.5 Å². The molecule has 1 saturated carbocycles. The van der Waals surface area contributed by atoms with Gasteiger partial charge in [0.25, 0.3) is 0 Å². The van der Waals surface area contributed by atoms with Crippen LogP contribution in [0, 0.1) is 0 Å². The van der Waals surface area contributed by atoms with Crippen molar-refractivity contribution in [3.05, 3.63) is 0 Å². The van der Waals surface area contributed by atoms with Crippen LogP contribution < -0.4 is 5.73 Å². The molecule has 17 heavy (non-hydrogen) atoms. The molecule has 0 bridgehead atoms. The monoisotopic (exact) mass is 241 g/mol.